The third-order valence-electron chi connectivity index (χ3n) is 4.67. The van der Waals surface area contributed by atoms with Crippen LogP contribution in [0.15, 0.2) is 24.3 Å². The summed E-state index contributed by atoms with van der Waals surface area (Å²) in [5.41, 5.74) is 1.92. The van der Waals surface area contributed by atoms with E-state index in [1.54, 1.807) is 12.1 Å². The number of piperazine rings is 1. The van der Waals surface area contributed by atoms with E-state index in [2.05, 4.69) is 28.7 Å². The first kappa shape index (κ1) is 18.3. The van der Waals surface area contributed by atoms with Gasteiger partial charge in [-0.2, -0.15) is 0 Å². The Hall–Kier alpha value is -2.50. The summed E-state index contributed by atoms with van der Waals surface area (Å²) in [6.07, 6.45) is 0. The molecule has 0 unspecified atom stereocenters. The molecule has 0 N–H and O–H groups in total. The molecule has 0 aliphatic carbocycles. The quantitative estimate of drug-likeness (QED) is 0.784. The Morgan fingerprint density at radius 2 is 1.73 bits per heavy atom. The van der Waals surface area contributed by atoms with Crippen LogP contribution in [0.4, 0.5) is 15.9 Å². The summed E-state index contributed by atoms with van der Waals surface area (Å²) in [5.74, 6) is 1.61. The summed E-state index contributed by atoms with van der Waals surface area (Å²) in [6, 6.07) is 6.72. The van der Waals surface area contributed by atoms with Crippen LogP contribution in [0.5, 0.6) is 0 Å². The fraction of sp³-hybridized carbons (Fsp3) is 0.450. The largest absolute Gasteiger partial charge is 0.366 e. The van der Waals surface area contributed by atoms with Crippen LogP contribution >= 0.6 is 0 Å². The first-order valence-corrected chi connectivity index (χ1v) is 9.01. The molecule has 0 radical (unpaired) electrons. The third kappa shape index (κ3) is 3.84. The smallest absolute Gasteiger partial charge is 0.159 e. The number of ketones is 1. The number of aromatic nitrogens is 2. The highest BCUT2D eigenvalue weighted by atomic mass is 19.1. The fourth-order valence-corrected chi connectivity index (χ4v) is 3.15. The zero-order chi connectivity index (χ0) is 18.8. The van der Waals surface area contributed by atoms with E-state index in [9.17, 15) is 9.18 Å². The molecule has 0 bridgehead atoms. The Labute approximate surface area is 153 Å². The summed E-state index contributed by atoms with van der Waals surface area (Å²) in [6.45, 7) is 10.5. The van der Waals surface area contributed by atoms with Gasteiger partial charge in [-0.15, -0.1) is 0 Å². The first-order chi connectivity index (χ1) is 12.3. The van der Waals surface area contributed by atoms with E-state index in [-0.39, 0.29) is 17.5 Å². The van der Waals surface area contributed by atoms with Crippen LogP contribution in [-0.2, 0) is 0 Å². The molecule has 6 heteroatoms. The molecule has 3 rings (SSSR count). The van der Waals surface area contributed by atoms with Crippen molar-refractivity contribution in [2.45, 2.75) is 33.6 Å². The normalized spacial score (nSPS) is 14.8. The number of rotatable bonds is 4. The van der Waals surface area contributed by atoms with Gasteiger partial charge in [0.05, 0.1) is 5.69 Å². The monoisotopic (exact) mass is 356 g/mol. The van der Waals surface area contributed by atoms with Crippen LogP contribution < -0.4 is 9.80 Å². The minimum absolute atomic E-state index is 0.125. The lowest BCUT2D eigenvalue weighted by Crippen LogP contribution is -2.47. The summed E-state index contributed by atoms with van der Waals surface area (Å²) < 4.78 is 14.4. The second-order valence-corrected chi connectivity index (χ2v) is 7.08. The number of halogens is 1. The van der Waals surface area contributed by atoms with Gasteiger partial charge in [0.15, 0.2) is 5.78 Å². The molecule has 0 atom stereocenters. The number of carbonyl (C=O) groups excluding carboxylic acids is 1. The molecule has 5 nitrogen and oxygen atoms in total. The lowest BCUT2D eigenvalue weighted by atomic mass is 10.1. The molecule has 2 heterocycles. The van der Waals surface area contributed by atoms with Gasteiger partial charge in [-0.25, -0.2) is 14.4 Å². The predicted octanol–water partition coefficient (Wildman–Crippen LogP) is 3.58. The van der Waals surface area contributed by atoms with Crippen molar-refractivity contribution >= 4 is 17.3 Å². The molecule has 1 aromatic heterocycles. The van der Waals surface area contributed by atoms with Crippen LogP contribution in [0.1, 0.15) is 48.6 Å². The van der Waals surface area contributed by atoms with Gasteiger partial charge in [0, 0.05) is 49.4 Å². The van der Waals surface area contributed by atoms with E-state index in [1.165, 1.54) is 13.0 Å². The molecule has 0 spiro atoms. The molecule has 1 aliphatic rings. The average molecular weight is 356 g/mol. The summed E-state index contributed by atoms with van der Waals surface area (Å²) in [4.78, 5) is 24.8. The Balaban J connectivity index is 1.73. The van der Waals surface area contributed by atoms with Gasteiger partial charge >= 0.3 is 0 Å². The highest BCUT2D eigenvalue weighted by molar-refractivity contribution is 5.94. The molecular weight excluding hydrogens is 331 g/mol. The van der Waals surface area contributed by atoms with Crippen molar-refractivity contribution in [2.24, 2.45) is 0 Å². The SMILES string of the molecule is CC(=O)c1ccc(N2CCN(c3cc(C)nc(C(C)C)n3)CC2)c(F)c1. The predicted molar refractivity (Wildman–Crippen MR) is 102 cm³/mol. The molecular formula is C20H25FN4O. The van der Waals surface area contributed by atoms with Crippen LogP contribution in [0.3, 0.4) is 0 Å². The van der Waals surface area contributed by atoms with Crippen molar-refractivity contribution < 1.29 is 9.18 Å². The topological polar surface area (TPSA) is 49.3 Å². The molecule has 138 valence electrons. The van der Waals surface area contributed by atoms with Crippen LogP contribution in [0.2, 0.25) is 0 Å². The Bertz CT molecular complexity index is 813. The number of carbonyl (C=O) groups is 1. The van der Waals surface area contributed by atoms with Crippen molar-refractivity contribution in [3.63, 3.8) is 0 Å². The van der Waals surface area contributed by atoms with Crippen molar-refractivity contribution in [3.8, 4) is 0 Å². The van der Waals surface area contributed by atoms with E-state index in [1.807, 2.05) is 17.9 Å². The van der Waals surface area contributed by atoms with Gasteiger partial charge in [0.1, 0.15) is 17.5 Å². The number of Topliss-reactive ketones (excluding diaryl/α,β-unsaturated/α-hetero) is 1. The van der Waals surface area contributed by atoms with Crippen LogP contribution in [0, 0.1) is 12.7 Å². The molecule has 1 saturated heterocycles. The van der Waals surface area contributed by atoms with Crippen molar-refractivity contribution in [1.82, 2.24) is 9.97 Å². The van der Waals surface area contributed by atoms with Gasteiger partial charge in [-0.05, 0) is 32.0 Å². The van der Waals surface area contributed by atoms with E-state index >= 15 is 0 Å². The summed E-state index contributed by atoms with van der Waals surface area (Å²) >= 11 is 0. The van der Waals surface area contributed by atoms with Crippen molar-refractivity contribution in [1.29, 1.82) is 0 Å². The third-order valence-corrected chi connectivity index (χ3v) is 4.67. The number of hydrogen-bond acceptors (Lipinski definition) is 5. The van der Waals surface area contributed by atoms with Gasteiger partial charge in [0.25, 0.3) is 0 Å². The zero-order valence-electron chi connectivity index (χ0n) is 15.8. The van der Waals surface area contributed by atoms with Crippen molar-refractivity contribution in [2.75, 3.05) is 36.0 Å². The second-order valence-electron chi connectivity index (χ2n) is 7.08. The fourth-order valence-electron chi connectivity index (χ4n) is 3.15. The highest BCUT2D eigenvalue weighted by Crippen LogP contribution is 2.24. The molecule has 0 amide bonds. The zero-order valence-corrected chi connectivity index (χ0v) is 15.8. The average Bonchev–Trinajstić information content (AvgIpc) is 2.61. The minimum atomic E-state index is -0.342. The Kier molecular flexibility index (Phi) is 5.20. The van der Waals surface area contributed by atoms with Crippen LogP contribution in [-0.4, -0.2) is 41.9 Å². The lowest BCUT2D eigenvalue weighted by Gasteiger charge is -2.37. The minimum Gasteiger partial charge on any atom is -0.366 e. The van der Waals surface area contributed by atoms with Crippen molar-refractivity contribution in [3.05, 3.63) is 47.2 Å². The maximum absolute atomic E-state index is 14.4. The highest BCUT2D eigenvalue weighted by Gasteiger charge is 2.22. The maximum Gasteiger partial charge on any atom is 0.159 e. The lowest BCUT2D eigenvalue weighted by molar-refractivity contribution is 0.101. The van der Waals surface area contributed by atoms with Gasteiger partial charge in [-0.1, -0.05) is 13.8 Å². The Morgan fingerprint density at radius 1 is 1.08 bits per heavy atom. The summed E-state index contributed by atoms with van der Waals surface area (Å²) in [5, 5.41) is 0. The number of nitrogens with zero attached hydrogens (tertiary/aromatic N) is 4. The van der Waals surface area contributed by atoms with Gasteiger partial charge in [-0.3, -0.25) is 4.79 Å². The number of benzene rings is 1. The van der Waals surface area contributed by atoms with Gasteiger partial charge < -0.3 is 9.80 Å². The second kappa shape index (κ2) is 7.40. The number of anilines is 2. The summed E-state index contributed by atoms with van der Waals surface area (Å²) in [7, 11) is 0. The molecule has 26 heavy (non-hydrogen) atoms. The standard InChI is InChI=1S/C20H25FN4O/c1-13(2)20-22-14(3)11-19(23-20)25-9-7-24(8-10-25)18-6-5-16(15(4)26)12-17(18)21/h5-6,11-13H,7-10H2,1-4H3. The molecule has 1 aromatic carbocycles. The van der Waals surface area contributed by atoms with E-state index in [0.29, 0.717) is 24.3 Å². The van der Waals surface area contributed by atoms with E-state index in [0.717, 1.165) is 30.4 Å². The van der Waals surface area contributed by atoms with Crippen LogP contribution in [0.25, 0.3) is 0 Å². The van der Waals surface area contributed by atoms with Gasteiger partial charge in [0.2, 0.25) is 0 Å². The maximum atomic E-state index is 14.4. The molecule has 1 aliphatic heterocycles. The number of aryl methyl sites for hydroxylation is 1. The first-order valence-electron chi connectivity index (χ1n) is 9.01. The molecule has 2 aromatic rings. The molecule has 1 fully saturated rings. The van der Waals surface area contributed by atoms with E-state index < -0.39 is 0 Å². The molecule has 0 saturated carbocycles. The van der Waals surface area contributed by atoms with E-state index in [4.69, 9.17) is 0 Å². The Morgan fingerprint density at radius 3 is 2.31 bits per heavy atom. The number of hydrogen-bond donors (Lipinski definition) is 0.